The maximum Gasteiger partial charge on any atom is 0.273 e. The van der Waals surface area contributed by atoms with E-state index in [0.717, 1.165) is 72.4 Å². The number of carbonyl (C=O) groups excluding carboxylic acids is 3. The Hall–Kier alpha value is -2.39. The fourth-order valence-corrected chi connectivity index (χ4v) is 7.98. The minimum atomic E-state index is -1.01. The average molecular weight is 556 g/mol. The van der Waals surface area contributed by atoms with E-state index in [4.69, 9.17) is 0 Å². The van der Waals surface area contributed by atoms with Crippen LogP contribution >= 0.6 is 11.3 Å². The number of aromatic nitrogens is 1. The predicted octanol–water partition coefficient (Wildman–Crippen LogP) is 5.21. The second kappa shape index (κ2) is 11.6. The smallest absolute Gasteiger partial charge is 0.273 e. The van der Waals surface area contributed by atoms with Crippen LogP contribution in [-0.2, 0) is 16.1 Å². The molecule has 0 unspecified atom stereocenters. The van der Waals surface area contributed by atoms with Gasteiger partial charge in [-0.15, -0.1) is 11.3 Å². The van der Waals surface area contributed by atoms with Gasteiger partial charge >= 0.3 is 0 Å². The van der Waals surface area contributed by atoms with E-state index in [9.17, 15) is 14.4 Å². The summed E-state index contributed by atoms with van der Waals surface area (Å²) in [7, 11) is 0. The Morgan fingerprint density at radius 3 is 2.33 bits per heavy atom. The van der Waals surface area contributed by atoms with Gasteiger partial charge in [-0.25, -0.2) is 0 Å². The summed E-state index contributed by atoms with van der Waals surface area (Å²) in [6, 6.07) is 0.161. The molecule has 5 rings (SSSR count). The van der Waals surface area contributed by atoms with Crippen LogP contribution < -0.4 is 10.6 Å². The number of nitrogens with zero attached hydrogens (tertiary/aromatic N) is 3. The number of thiophene rings is 1. The molecule has 2 aromatic rings. The van der Waals surface area contributed by atoms with Gasteiger partial charge in [0.15, 0.2) is 0 Å². The van der Waals surface area contributed by atoms with Gasteiger partial charge in [0, 0.05) is 29.8 Å². The Bertz CT molecular complexity index is 1240. The maximum absolute atomic E-state index is 14.4. The van der Waals surface area contributed by atoms with E-state index in [2.05, 4.69) is 22.5 Å². The Kier molecular flexibility index (Phi) is 8.38. The second-order valence-electron chi connectivity index (χ2n) is 12.1. The number of hydrogen-bond acceptors (Lipinski definition) is 5. The monoisotopic (exact) mass is 555 g/mol. The molecule has 2 aliphatic heterocycles. The van der Waals surface area contributed by atoms with Crippen LogP contribution in [0.2, 0.25) is 0 Å². The molecule has 2 aromatic heterocycles. The molecule has 2 N–H and O–H groups in total. The number of aryl methyl sites for hydroxylation is 2. The molecule has 214 valence electrons. The first-order chi connectivity index (χ1) is 18.7. The summed E-state index contributed by atoms with van der Waals surface area (Å²) in [6.45, 7) is 11.6. The fraction of sp³-hybridized carbons (Fsp3) is 0.700. The van der Waals surface area contributed by atoms with E-state index >= 15 is 0 Å². The van der Waals surface area contributed by atoms with Crippen LogP contribution in [-0.4, -0.2) is 69.8 Å². The van der Waals surface area contributed by atoms with Gasteiger partial charge in [0.2, 0.25) is 11.8 Å². The molecule has 0 spiro atoms. The minimum absolute atomic E-state index is 0.0562. The Labute approximate surface area is 236 Å². The molecule has 1 saturated heterocycles. The topological polar surface area (TPSA) is 86.7 Å². The molecule has 1 atom stereocenters. The zero-order valence-electron chi connectivity index (χ0n) is 24.2. The molecule has 2 fully saturated rings. The third-order valence-corrected chi connectivity index (χ3v) is 10.4. The van der Waals surface area contributed by atoms with Crippen LogP contribution in [0.5, 0.6) is 0 Å². The molecule has 0 aromatic carbocycles. The highest BCUT2D eigenvalue weighted by atomic mass is 32.1. The fourth-order valence-electron chi connectivity index (χ4n) is 6.81. The van der Waals surface area contributed by atoms with Crippen molar-refractivity contribution in [3.63, 3.8) is 0 Å². The standard InChI is InChI=1S/C30H45N5O3S/c1-20-21(2)39-28-24(20)25(31-22(3)36)26-27(37)35(18-12-17-33-15-10-7-11-16-33)30(4,19-34(26)28)29(38)32-23-13-8-5-6-9-14-23/h23H,5-19H2,1-4H3,(H,31,36)(H,32,38)/t30-/m1/s1. The first-order valence-corrected chi connectivity index (χ1v) is 15.8. The molecule has 3 amide bonds. The molecular formula is C30H45N5O3S. The summed E-state index contributed by atoms with van der Waals surface area (Å²) >= 11 is 1.63. The van der Waals surface area contributed by atoms with Crippen molar-refractivity contribution in [3.05, 3.63) is 16.1 Å². The third-order valence-electron chi connectivity index (χ3n) is 9.16. The minimum Gasteiger partial charge on any atom is -0.351 e. The first kappa shape index (κ1) is 28.1. The number of carbonyl (C=O) groups is 3. The van der Waals surface area contributed by atoms with Crippen molar-refractivity contribution in [1.82, 2.24) is 19.7 Å². The van der Waals surface area contributed by atoms with Crippen molar-refractivity contribution in [2.45, 2.75) is 110 Å². The van der Waals surface area contributed by atoms with E-state index in [1.54, 1.807) is 11.3 Å². The molecular weight excluding hydrogens is 510 g/mol. The van der Waals surface area contributed by atoms with Crippen LogP contribution in [0.4, 0.5) is 5.69 Å². The largest absolute Gasteiger partial charge is 0.351 e. The van der Waals surface area contributed by atoms with Gasteiger partial charge in [-0.05, 0) is 78.1 Å². The lowest BCUT2D eigenvalue weighted by Gasteiger charge is -2.45. The lowest BCUT2D eigenvalue weighted by atomic mass is 9.93. The van der Waals surface area contributed by atoms with Gasteiger partial charge in [-0.1, -0.05) is 32.1 Å². The number of piperidine rings is 1. The quantitative estimate of drug-likeness (QED) is 0.460. The molecule has 0 bridgehead atoms. The third kappa shape index (κ3) is 5.49. The Balaban J connectivity index is 1.51. The molecule has 9 heteroatoms. The van der Waals surface area contributed by atoms with E-state index in [0.29, 0.717) is 24.5 Å². The van der Waals surface area contributed by atoms with E-state index in [-0.39, 0.29) is 23.8 Å². The van der Waals surface area contributed by atoms with Crippen molar-refractivity contribution < 1.29 is 14.4 Å². The SMILES string of the molecule is CC(=O)Nc1c2n(c3sc(C)c(C)c13)C[C@](C)(C(=O)NC1CCCCCC1)N(CCCN1CCCCC1)C2=O. The highest BCUT2D eigenvalue weighted by Gasteiger charge is 2.49. The van der Waals surface area contributed by atoms with Gasteiger partial charge in [-0.3, -0.25) is 14.4 Å². The predicted molar refractivity (Wildman–Crippen MR) is 158 cm³/mol. The van der Waals surface area contributed by atoms with E-state index in [1.807, 2.05) is 23.3 Å². The Morgan fingerprint density at radius 1 is 1.00 bits per heavy atom. The van der Waals surface area contributed by atoms with E-state index in [1.165, 1.54) is 39.0 Å². The highest BCUT2D eigenvalue weighted by molar-refractivity contribution is 7.19. The van der Waals surface area contributed by atoms with Crippen molar-refractivity contribution in [1.29, 1.82) is 0 Å². The van der Waals surface area contributed by atoms with Crippen LogP contribution in [0.3, 0.4) is 0 Å². The first-order valence-electron chi connectivity index (χ1n) is 15.0. The number of nitrogens with one attached hydrogen (secondary N) is 2. The molecule has 39 heavy (non-hydrogen) atoms. The van der Waals surface area contributed by atoms with Gasteiger partial charge in [0.1, 0.15) is 16.1 Å². The van der Waals surface area contributed by atoms with Crippen molar-refractivity contribution in [3.8, 4) is 0 Å². The molecule has 3 aliphatic rings. The van der Waals surface area contributed by atoms with E-state index < -0.39 is 5.54 Å². The number of amides is 3. The summed E-state index contributed by atoms with van der Waals surface area (Å²) in [5.74, 6) is -0.417. The van der Waals surface area contributed by atoms with Crippen LogP contribution in [0.1, 0.15) is 99.0 Å². The summed E-state index contributed by atoms with van der Waals surface area (Å²) in [4.78, 5) is 47.2. The molecule has 4 heterocycles. The number of fused-ring (bicyclic) bond motifs is 3. The normalized spacial score (nSPS) is 23.1. The summed E-state index contributed by atoms with van der Waals surface area (Å²) in [6.07, 6.45) is 11.3. The number of hydrogen-bond donors (Lipinski definition) is 2. The second-order valence-corrected chi connectivity index (χ2v) is 13.3. The molecule has 8 nitrogen and oxygen atoms in total. The summed E-state index contributed by atoms with van der Waals surface area (Å²) in [5, 5.41) is 7.29. The number of anilines is 1. The average Bonchev–Trinajstić information content (AvgIpc) is 3.20. The van der Waals surface area contributed by atoms with Crippen LogP contribution in [0.15, 0.2) is 0 Å². The van der Waals surface area contributed by atoms with Crippen molar-refractivity contribution in [2.24, 2.45) is 0 Å². The van der Waals surface area contributed by atoms with Gasteiger partial charge < -0.3 is 25.0 Å². The summed E-state index contributed by atoms with van der Waals surface area (Å²) in [5.41, 5.74) is 1.17. The van der Waals surface area contributed by atoms with Gasteiger partial charge in [-0.2, -0.15) is 0 Å². The van der Waals surface area contributed by atoms with Crippen molar-refractivity contribution >= 4 is 45.0 Å². The Morgan fingerprint density at radius 2 is 1.67 bits per heavy atom. The highest BCUT2D eigenvalue weighted by Crippen LogP contribution is 2.44. The number of rotatable bonds is 7. The zero-order chi connectivity index (χ0) is 27.7. The molecule has 1 saturated carbocycles. The zero-order valence-corrected chi connectivity index (χ0v) is 25.0. The lowest BCUT2D eigenvalue weighted by Crippen LogP contribution is -2.65. The summed E-state index contributed by atoms with van der Waals surface area (Å²) < 4.78 is 2.02. The maximum atomic E-state index is 14.4. The van der Waals surface area contributed by atoms with Gasteiger partial charge in [0.05, 0.1) is 12.2 Å². The van der Waals surface area contributed by atoms with Crippen LogP contribution in [0.25, 0.3) is 10.2 Å². The van der Waals surface area contributed by atoms with Gasteiger partial charge in [0.25, 0.3) is 5.91 Å². The number of likely N-dealkylation sites (tertiary alicyclic amines) is 1. The molecule has 0 radical (unpaired) electrons. The van der Waals surface area contributed by atoms with Crippen molar-refractivity contribution in [2.75, 3.05) is 31.5 Å². The molecule has 1 aliphatic carbocycles. The lowest BCUT2D eigenvalue weighted by molar-refractivity contribution is -0.133. The van der Waals surface area contributed by atoms with Crippen LogP contribution in [0, 0.1) is 13.8 Å².